The van der Waals surface area contributed by atoms with Gasteiger partial charge in [0.15, 0.2) is 0 Å². The molecule has 4 aliphatic rings. The number of fused-ring (bicyclic) bond motifs is 1. The summed E-state index contributed by atoms with van der Waals surface area (Å²) in [6.45, 7) is 3.60. The van der Waals surface area contributed by atoms with Crippen LogP contribution in [0.2, 0.25) is 0 Å². The van der Waals surface area contributed by atoms with Crippen molar-refractivity contribution in [3.63, 3.8) is 0 Å². The Morgan fingerprint density at radius 3 is 2.27 bits per heavy atom. The number of nitrogen functional groups attached to an aromatic ring is 1. The van der Waals surface area contributed by atoms with Gasteiger partial charge in [0.1, 0.15) is 9.71 Å². The molecule has 2 aromatic rings. The van der Waals surface area contributed by atoms with Crippen molar-refractivity contribution in [2.24, 2.45) is 17.8 Å². The molecule has 4 bridgehead atoms. The summed E-state index contributed by atoms with van der Waals surface area (Å²) in [5.74, 6) is 1.35. The summed E-state index contributed by atoms with van der Waals surface area (Å²) >= 11 is 0.974. The number of nitrogens with one attached hydrogen (secondary N) is 1. The van der Waals surface area contributed by atoms with E-state index in [4.69, 9.17) is 10.7 Å². The molecule has 4 aliphatic carbocycles. The van der Waals surface area contributed by atoms with E-state index in [9.17, 15) is 18.0 Å². The van der Waals surface area contributed by atoms with Crippen LogP contribution in [0.1, 0.15) is 73.3 Å². The van der Waals surface area contributed by atoms with Gasteiger partial charge in [-0.3, -0.25) is 4.79 Å². The number of carbonyl (C=O) groups is 1. The number of nitrogens with two attached hydrogens (primary N) is 1. The van der Waals surface area contributed by atoms with Crippen LogP contribution in [-0.2, 0) is 11.6 Å². The molecule has 0 aromatic carbocycles. The van der Waals surface area contributed by atoms with E-state index in [0.717, 1.165) is 30.6 Å². The average molecular weight is 438 g/mol. The Morgan fingerprint density at radius 1 is 1.20 bits per heavy atom. The minimum Gasteiger partial charge on any atom is -0.397 e. The number of hydrogen-bond donors (Lipinski definition) is 2. The predicted molar refractivity (Wildman–Crippen MR) is 111 cm³/mol. The van der Waals surface area contributed by atoms with Gasteiger partial charge in [-0.25, -0.2) is 4.98 Å². The quantitative estimate of drug-likeness (QED) is 0.666. The number of rotatable bonds is 3. The molecule has 30 heavy (non-hydrogen) atoms. The summed E-state index contributed by atoms with van der Waals surface area (Å²) in [7, 11) is 0. The van der Waals surface area contributed by atoms with Gasteiger partial charge in [0.2, 0.25) is 0 Å². The highest BCUT2D eigenvalue weighted by Crippen LogP contribution is 2.61. The van der Waals surface area contributed by atoms with Crippen molar-refractivity contribution < 1.29 is 18.0 Å². The zero-order valence-corrected chi connectivity index (χ0v) is 17.9. The van der Waals surface area contributed by atoms with Gasteiger partial charge in [-0.05, 0) is 76.2 Å². The molecule has 8 heteroatoms. The van der Waals surface area contributed by atoms with E-state index in [2.05, 4.69) is 5.32 Å². The third kappa shape index (κ3) is 3.10. The van der Waals surface area contributed by atoms with Crippen LogP contribution in [0.3, 0.4) is 0 Å². The first-order valence-electron chi connectivity index (χ1n) is 10.7. The lowest BCUT2D eigenvalue weighted by Gasteiger charge is -2.56. The summed E-state index contributed by atoms with van der Waals surface area (Å²) in [4.78, 5) is 17.6. The molecule has 4 saturated carbocycles. The van der Waals surface area contributed by atoms with E-state index in [-0.39, 0.29) is 32.2 Å². The summed E-state index contributed by atoms with van der Waals surface area (Å²) in [6, 6.07) is 1.10. The van der Waals surface area contributed by atoms with Crippen LogP contribution < -0.4 is 11.1 Å². The number of hydrogen-bond acceptors (Lipinski definition) is 4. The van der Waals surface area contributed by atoms with Gasteiger partial charge in [-0.2, -0.15) is 13.2 Å². The highest BCUT2D eigenvalue weighted by molar-refractivity contribution is 7.21. The first-order chi connectivity index (χ1) is 14.1. The number of alkyl halides is 3. The molecule has 2 heterocycles. The number of halogens is 3. The van der Waals surface area contributed by atoms with E-state index >= 15 is 0 Å². The van der Waals surface area contributed by atoms with Crippen molar-refractivity contribution in [1.29, 1.82) is 0 Å². The van der Waals surface area contributed by atoms with Gasteiger partial charge in [0.25, 0.3) is 5.91 Å². The highest BCUT2D eigenvalue weighted by atomic mass is 32.1. The van der Waals surface area contributed by atoms with Gasteiger partial charge in [0.05, 0.1) is 11.3 Å². The minimum atomic E-state index is -4.56. The zero-order valence-electron chi connectivity index (χ0n) is 17.1. The lowest BCUT2D eigenvalue weighted by molar-refractivity contribution is -0.136. The summed E-state index contributed by atoms with van der Waals surface area (Å²) in [6.07, 6.45) is 1.85. The van der Waals surface area contributed by atoms with Gasteiger partial charge < -0.3 is 11.1 Å². The number of amides is 1. The van der Waals surface area contributed by atoms with Crippen molar-refractivity contribution in [2.45, 2.75) is 70.0 Å². The SMILES string of the molecule is CC(C)NC(=O)c1sc2nc(C34CC5CC(CC(C5)C3)C4)cc(C(F)(F)F)c2c1N. The zero-order chi connectivity index (χ0) is 21.4. The van der Waals surface area contributed by atoms with E-state index < -0.39 is 17.6 Å². The van der Waals surface area contributed by atoms with Crippen LogP contribution in [0, 0.1) is 17.8 Å². The molecule has 0 radical (unpaired) electrons. The lowest BCUT2D eigenvalue weighted by Crippen LogP contribution is -2.49. The molecule has 4 fully saturated rings. The molecule has 6 rings (SSSR count). The molecule has 2 aromatic heterocycles. The number of pyridine rings is 1. The Morgan fingerprint density at radius 2 is 1.77 bits per heavy atom. The predicted octanol–water partition coefficient (Wildman–Crippen LogP) is 5.50. The van der Waals surface area contributed by atoms with Crippen LogP contribution in [0.5, 0.6) is 0 Å². The van der Waals surface area contributed by atoms with Gasteiger partial charge in [0, 0.05) is 22.5 Å². The smallest absolute Gasteiger partial charge is 0.397 e. The van der Waals surface area contributed by atoms with E-state index in [1.165, 1.54) is 25.3 Å². The summed E-state index contributed by atoms with van der Waals surface area (Å²) in [5.41, 5.74) is 5.50. The van der Waals surface area contributed by atoms with Gasteiger partial charge in [-0.15, -0.1) is 11.3 Å². The monoisotopic (exact) mass is 437 g/mol. The van der Waals surface area contributed by atoms with Crippen molar-refractivity contribution in [1.82, 2.24) is 10.3 Å². The first-order valence-corrected chi connectivity index (χ1v) is 11.5. The Balaban J connectivity index is 1.67. The molecule has 3 N–H and O–H groups in total. The Bertz CT molecular complexity index is 992. The van der Waals surface area contributed by atoms with Crippen LogP contribution >= 0.6 is 11.3 Å². The number of thiophene rings is 1. The maximum Gasteiger partial charge on any atom is 0.417 e. The number of carbonyl (C=O) groups excluding carboxylic acids is 1. The van der Waals surface area contributed by atoms with Gasteiger partial charge in [-0.1, -0.05) is 0 Å². The Hall–Kier alpha value is -1.83. The maximum absolute atomic E-state index is 14.1. The highest BCUT2D eigenvalue weighted by Gasteiger charge is 2.53. The molecule has 0 spiro atoms. The van der Waals surface area contributed by atoms with E-state index in [0.29, 0.717) is 23.4 Å². The minimum absolute atomic E-state index is 0.111. The third-order valence-electron chi connectivity index (χ3n) is 7.21. The fraction of sp³-hybridized carbons (Fsp3) is 0.636. The lowest BCUT2D eigenvalue weighted by atomic mass is 9.48. The van der Waals surface area contributed by atoms with Crippen LogP contribution in [0.15, 0.2) is 6.07 Å². The van der Waals surface area contributed by atoms with E-state index in [1.807, 2.05) is 0 Å². The Kier molecular flexibility index (Phi) is 4.41. The second-order valence-electron chi connectivity index (χ2n) is 9.90. The summed E-state index contributed by atoms with van der Waals surface area (Å²) < 4.78 is 42.3. The fourth-order valence-corrected chi connectivity index (χ4v) is 7.56. The van der Waals surface area contributed by atoms with Crippen molar-refractivity contribution in [3.05, 3.63) is 22.2 Å². The van der Waals surface area contributed by atoms with E-state index in [1.54, 1.807) is 13.8 Å². The van der Waals surface area contributed by atoms with Gasteiger partial charge >= 0.3 is 6.18 Å². The normalized spacial score (nSPS) is 30.4. The molecule has 0 aliphatic heterocycles. The van der Waals surface area contributed by atoms with Crippen molar-refractivity contribution in [2.75, 3.05) is 5.73 Å². The standard InChI is InChI=1S/C22H26F3N3OS/c1-10(2)27-19(29)18-17(26)16-14(22(23,24)25)6-15(28-20(16)30-18)21-7-11-3-12(8-21)5-13(4-11)9-21/h6,10-13H,3-5,7-9,26H2,1-2H3,(H,27,29). The second kappa shape index (κ2) is 6.58. The first kappa shape index (κ1) is 20.1. The molecular weight excluding hydrogens is 411 g/mol. The van der Waals surface area contributed by atoms with Crippen LogP contribution in [0.25, 0.3) is 10.2 Å². The van der Waals surface area contributed by atoms with Crippen molar-refractivity contribution >= 4 is 33.1 Å². The molecule has 0 saturated heterocycles. The second-order valence-corrected chi connectivity index (χ2v) is 10.9. The van der Waals surface area contributed by atoms with Crippen molar-refractivity contribution in [3.8, 4) is 0 Å². The third-order valence-corrected chi connectivity index (χ3v) is 8.31. The number of anilines is 1. The topological polar surface area (TPSA) is 68.0 Å². The van der Waals surface area contributed by atoms with Crippen LogP contribution in [-0.4, -0.2) is 16.9 Å². The maximum atomic E-state index is 14.1. The van der Waals surface area contributed by atoms with Crippen LogP contribution in [0.4, 0.5) is 18.9 Å². The number of aromatic nitrogens is 1. The molecule has 0 atom stereocenters. The number of nitrogens with zero attached hydrogens (tertiary/aromatic N) is 1. The summed E-state index contributed by atoms with van der Waals surface area (Å²) in [5, 5.41) is 2.59. The molecule has 0 unspecified atom stereocenters. The molecular formula is C22H26F3N3OS. The molecule has 162 valence electrons. The fourth-order valence-electron chi connectivity index (χ4n) is 6.54. The largest absolute Gasteiger partial charge is 0.417 e. The average Bonchev–Trinajstić information content (AvgIpc) is 2.95. The molecule has 1 amide bonds. The molecule has 4 nitrogen and oxygen atoms in total. The Labute approximate surface area is 177 Å².